The molecule has 0 saturated carbocycles. The fraction of sp³-hybridized carbons (Fsp3) is 0.364. The van der Waals surface area contributed by atoms with Gasteiger partial charge in [0.2, 0.25) is 9.70 Å². The summed E-state index contributed by atoms with van der Waals surface area (Å²) in [6.07, 6.45) is -0.789. The van der Waals surface area contributed by atoms with Crippen molar-refractivity contribution in [2.75, 3.05) is 5.32 Å². The number of halogens is 4. The smallest absolute Gasteiger partial charge is 0.228 e. The lowest BCUT2D eigenvalue weighted by molar-refractivity contribution is -0.121. The lowest BCUT2D eigenvalue weighted by Crippen LogP contribution is -2.49. The van der Waals surface area contributed by atoms with Gasteiger partial charge in [-0.15, -0.1) is 0 Å². The van der Waals surface area contributed by atoms with Crippen molar-refractivity contribution in [1.82, 2.24) is 5.32 Å². The number of carbonyl (C=O) groups is 1. The number of anilines is 1. The van der Waals surface area contributed by atoms with Crippen molar-refractivity contribution in [2.45, 2.75) is 23.3 Å². The molecule has 0 aliphatic rings. The standard InChI is InChI=1S/C11H12Cl3FN2O/c1-2-9(18)17-10(11(12,13)14)16-8-6-4-3-5-7(8)15/h3-6,10,16H,2H2,1H3,(H,17,18)/t10-/m0/s1. The average Bonchev–Trinajstić information content (AvgIpc) is 2.29. The first-order valence-electron chi connectivity index (χ1n) is 5.21. The zero-order valence-electron chi connectivity index (χ0n) is 9.51. The Kier molecular flexibility index (Phi) is 5.50. The van der Waals surface area contributed by atoms with E-state index in [1.807, 2.05) is 0 Å². The van der Waals surface area contributed by atoms with Crippen molar-refractivity contribution in [3.05, 3.63) is 30.1 Å². The molecule has 0 heterocycles. The van der Waals surface area contributed by atoms with E-state index < -0.39 is 15.8 Å². The summed E-state index contributed by atoms with van der Waals surface area (Å²) < 4.78 is 11.7. The Morgan fingerprint density at radius 2 is 2.00 bits per heavy atom. The van der Waals surface area contributed by atoms with E-state index in [9.17, 15) is 9.18 Å². The summed E-state index contributed by atoms with van der Waals surface area (Å²) in [5, 5.41) is 5.12. The third-order valence-corrected chi connectivity index (χ3v) is 2.78. The molecule has 0 saturated heterocycles. The monoisotopic (exact) mass is 312 g/mol. The first kappa shape index (κ1) is 15.3. The van der Waals surface area contributed by atoms with Gasteiger partial charge in [0.25, 0.3) is 0 Å². The van der Waals surface area contributed by atoms with Gasteiger partial charge in [-0.3, -0.25) is 4.79 Å². The summed E-state index contributed by atoms with van der Waals surface area (Å²) in [6.45, 7) is 1.66. The Balaban J connectivity index is 2.86. The fourth-order valence-electron chi connectivity index (χ4n) is 1.20. The van der Waals surface area contributed by atoms with E-state index in [0.717, 1.165) is 0 Å². The van der Waals surface area contributed by atoms with Gasteiger partial charge < -0.3 is 10.6 Å². The molecule has 0 aliphatic heterocycles. The largest absolute Gasteiger partial charge is 0.359 e. The molecule has 0 aliphatic carbocycles. The molecule has 1 atom stereocenters. The van der Waals surface area contributed by atoms with Gasteiger partial charge in [-0.05, 0) is 12.1 Å². The number of hydrogen-bond acceptors (Lipinski definition) is 2. The molecular formula is C11H12Cl3FN2O. The SMILES string of the molecule is CCC(=O)N[C@H](Nc1ccccc1F)C(Cl)(Cl)Cl. The summed E-state index contributed by atoms with van der Waals surface area (Å²) in [7, 11) is 0. The first-order chi connectivity index (χ1) is 8.34. The summed E-state index contributed by atoms with van der Waals surface area (Å²) in [5.41, 5.74) is 0.144. The minimum atomic E-state index is -1.80. The Labute approximate surface area is 120 Å². The molecule has 1 aromatic rings. The van der Waals surface area contributed by atoms with Crippen LogP contribution >= 0.6 is 34.8 Å². The second-order valence-electron chi connectivity index (χ2n) is 3.52. The number of nitrogens with one attached hydrogen (secondary N) is 2. The van der Waals surface area contributed by atoms with Gasteiger partial charge in [0.1, 0.15) is 12.0 Å². The van der Waals surface area contributed by atoms with Crippen molar-refractivity contribution < 1.29 is 9.18 Å². The lowest BCUT2D eigenvalue weighted by atomic mass is 10.3. The molecule has 7 heteroatoms. The van der Waals surface area contributed by atoms with Crippen LogP contribution in [-0.4, -0.2) is 15.9 Å². The van der Waals surface area contributed by atoms with Crippen LogP contribution in [0.1, 0.15) is 13.3 Å². The number of benzene rings is 1. The highest BCUT2D eigenvalue weighted by Gasteiger charge is 2.34. The number of hydrogen-bond donors (Lipinski definition) is 2. The van der Waals surface area contributed by atoms with Crippen LogP contribution in [-0.2, 0) is 4.79 Å². The number of alkyl halides is 3. The summed E-state index contributed by atoms with van der Waals surface area (Å²) in [4.78, 5) is 11.3. The molecular weight excluding hydrogens is 301 g/mol. The van der Waals surface area contributed by atoms with Crippen LogP contribution in [0.2, 0.25) is 0 Å². The van der Waals surface area contributed by atoms with E-state index in [-0.39, 0.29) is 18.0 Å². The van der Waals surface area contributed by atoms with Crippen LogP contribution in [0.5, 0.6) is 0 Å². The van der Waals surface area contributed by atoms with Gasteiger partial charge >= 0.3 is 0 Å². The van der Waals surface area contributed by atoms with Crippen LogP contribution in [0.25, 0.3) is 0 Å². The fourth-order valence-corrected chi connectivity index (χ4v) is 1.52. The zero-order chi connectivity index (χ0) is 13.8. The Hall–Kier alpha value is -0.710. The predicted molar refractivity (Wildman–Crippen MR) is 72.5 cm³/mol. The maximum absolute atomic E-state index is 13.5. The van der Waals surface area contributed by atoms with Gasteiger partial charge in [0.15, 0.2) is 0 Å². The first-order valence-corrected chi connectivity index (χ1v) is 6.35. The number of para-hydroxylation sites is 1. The Morgan fingerprint density at radius 3 is 2.50 bits per heavy atom. The third-order valence-electron chi connectivity index (χ3n) is 2.13. The van der Waals surface area contributed by atoms with E-state index in [0.29, 0.717) is 0 Å². The number of carbonyl (C=O) groups excluding carboxylic acids is 1. The third kappa shape index (κ3) is 4.52. The van der Waals surface area contributed by atoms with Crippen molar-refractivity contribution >= 4 is 46.4 Å². The van der Waals surface area contributed by atoms with Crippen LogP contribution in [0, 0.1) is 5.82 Å². The summed E-state index contributed by atoms with van der Waals surface area (Å²) in [5.74, 6) is -0.808. The molecule has 0 unspecified atom stereocenters. The minimum Gasteiger partial charge on any atom is -0.359 e. The molecule has 1 aromatic carbocycles. The topological polar surface area (TPSA) is 41.1 Å². The molecule has 0 aromatic heterocycles. The molecule has 0 fully saturated rings. The van der Waals surface area contributed by atoms with E-state index in [4.69, 9.17) is 34.8 Å². The predicted octanol–water partition coefficient (Wildman–Crippen LogP) is 3.46. The Bertz CT molecular complexity index is 423. The maximum Gasteiger partial charge on any atom is 0.228 e. The molecule has 2 N–H and O–H groups in total. The molecule has 1 amide bonds. The number of rotatable bonds is 4. The molecule has 0 bridgehead atoms. The van der Waals surface area contributed by atoms with Gasteiger partial charge in [-0.1, -0.05) is 53.9 Å². The van der Waals surface area contributed by atoms with E-state index in [1.54, 1.807) is 13.0 Å². The van der Waals surface area contributed by atoms with E-state index in [2.05, 4.69) is 10.6 Å². The number of amides is 1. The molecule has 3 nitrogen and oxygen atoms in total. The van der Waals surface area contributed by atoms with Crippen molar-refractivity contribution in [3.8, 4) is 0 Å². The van der Waals surface area contributed by atoms with Gasteiger partial charge in [-0.2, -0.15) is 0 Å². The van der Waals surface area contributed by atoms with Crippen molar-refractivity contribution in [3.63, 3.8) is 0 Å². The van der Waals surface area contributed by atoms with Crippen LogP contribution in [0.3, 0.4) is 0 Å². The lowest BCUT2D eigenvalue weighted by Gasteiger charge is -2.27. The highest BCUT2D eigenvalue weighted by molar-refractivity contribution is 6.68. The summed E-state index contributed by atoms with van der Waals surface area (Å²) in [6, 6.07) is 5.91. The van der Waals surface area contributed by atoms with Crippen molar-refractivity contribution in [2.24, 2.45) is 0 Å². The average molecular weight is 314 g/mol. The van der Waals surface area contributed by atoms with Crippen LogP contribution < -0.4 is 10.6 Å². The molecule has 0 radical (unpaired) electrons. The molecule has 0 spiro atoms. The summed E-state index contributed by atoms with van der Waals surface area (Å²) >= 11 is 17.2. The molecule has 18 heavy (non-hydrogen) atoms. The molecule has 100 valence electrons. The van der Waals surface area contributed by atoms with Crippen molar-refractivity contribution in [1.29, 1.82) is 0 Å². The maximum atomic E-state index is 13.5. The van der Waals surface area contributed by atoms with E-state index in [1.165, 1.54) is 18.2 Å². The quantitative estimate of drug-likeness (QED) is 0.660. The van der Waals surface area contributed by atoms with Crippen LogP contribution in [0.4, 0.5) is 10.1 Å². The van der Waals surface area contributed by atoms with Crippen LogP contribution in [0.15, 0.2) is 24.3 Å². The van der Waals surface area contributed by atoms with Gasteiger partial charge in [-0.25, -0.2) is 4.39 Å². The molecule has 1 rings (SSSR count). The zero-order valence-corrected chi connectivity index (χ0v) is 11.8. The Morgan fingerprint density at radius 1 is 1.39 bits per heavy atom. The second kappa shape index (κ2) is 6.45. The highest BCUT2D eigenvalue weighted by Crippen LogP contribution is 2.31. The van der Waals surface area contributed by atoms with E-state index >= 15 is 0 Å². The normalized spacial score (nSPS) is 12.9. The minimum absolute atomic E-state index is 0.144. The van der Waals surface area contributed by atoms with Gasteiger partial charge in [0.05, 0.1) is 5.69 Å². The highest BCUT2D eigenvalue weighted by atomic mass is 35.6. The van der Waals surface area contributed by atoms with Gasteiger partial charge in [0, 0.05) is 6.42 Å². The second-order valence-corrected chi connectivity index (χ2v) is 5.89.